The zero-order chi connectivity index (χ0) is 16.0. The minimum atomic E-state index is -0.277. The highest BCUT2D eigenvalue weighted by Crippen LogP contribution is 2.30. The molecule has 2 nitrogen and oxygen atoms in total. The van der Waals surface area contributed by atoms with Crippen molar-refractivity contribution in [3.8, 4) is 5.69 Å². The molecule has 3 aromatic rings. The zero-order valence-electron chi connectivity index (χ0n) is 12.6. The van der Waals surface area contributed by atoms with Crippen LogP contribution in [0, 0.1) is 12.7 Å². The number of rotatable bonds is 1. The van der Waals surface area contributed by atoms with E-state index in [4.69, 9.17) is 11.6 Å². The number of aryl methyl sites for hydroxylation is 1. The summed E-state index contributed by atoms with van der Waals surface area (Å²) in [4.78, 5) is 4.69. The number of nitrogens with zero attached hydrogens (tertiary/aromatic N) is 2. The highest BCUT2D eigenvalue weighted by molar-refractivity contribution is 6.31. The fourth-order valence-electron chi connectivity index (χ4n) is 3.08. The van der Waals surface area contributed by atoms with Gasteiger partial charge in [0.2, 0.25) is 0 Å². The van der Waals surface area contributed by atoms with E-state index in [1.807, 2.05) is 24.3 Å². The molecule has 0 spiro atoms. The van der Waals surface area contributed by atoms with E-state index in [1.54, 1.807) is 12.1 Å². The Labute approximate surface area is 138 Å². The monoisotopic (exact) mass is 324 g/mol. The SMILES string of the molecule is Cc1ccc2n1-c1ccc(Cl)cc1C(c1ccccc1F)=NC2. The summed E-state index contributed by atoms with van der Waals surface area (Å²) in [5.41, 5.74) is 5.17. The first-order chi connectivity index (χ1) is 11.1. The molecule has 0 N–H and O–H groups in total. The Balaban J connectivity index is 2.03. The summed E-state index contributed by atoms with van der Waals surface area (Å²) in [6.07, 6.45) is 0. The summed E-state index contributed by atoms with van der Waals surface area (Å²) >= 11 is 6.21. The molecule has 0 atom stereocenters. The van der Waals surface area contributed by atoms with Crippen molar-refractivity contribution in [3.05, 3.63) is 88.0 Å². The number of aliphatic imine (C=N–C) groups is 1. The molecule has 0 aliphatic carbocycles. The Morgan fingerprint density at radius 3 is 2.70 bits per heavy atom. The molecule has 23 heavy (non-hydrogen) atoms. The van der Waals surface area contributed by atoms with Gasteiger partial charge in [-0.15, -0.1) is 0 Å². The first kappa shape index (κ1) is 14.2. The summed E-state index contributed by atoms with van der Waals surface area (Å²) in [7, 11) is 0. The lowest BCUT2D eigenvalue weighted by Crippen LogP contribution is -2.09. The van der Waals surface area contributed by atoms with Crippen molar-refractivity contribution >= 4 is 17.3 Å². The second-order valence-corrected chi connectivity index (χ2v) is 6.04. The number of fused-ring (bicyclic) bond motifs is 3. The van der Waals surface area contributed by atoms with E-state index in [9.17, 15) is 4.39 Å². The van der Waals surface area contributed by atoms with Gasteiger partial charge in [-0.2, -0.15) is 0 Å². The van der Waals surface area contributed by atoms with Crippen LogP contribution < -0.4 is 0 Å². The molecule has 0 saturated carbocycles. The van der Waals surface area contributed by atoms with Crippen LogP contribution in [0.5, 0.6) is 0 Å². The van der Waals surface area contributed by atoms with E-state index in [1.165, 1.54) is 6.07 Å². The number of benzene rings is 2. The quantitative estimate of drug-likeness (QED) is 0.604. The highest BCUT2D eigenvalue weighted by atomic mass is 35.5. The number of halogens is 2. The third-order valence-corrected chi connectivity index (χ3v) is 4.37. The lowest BCUT2D eigenvalue weighted by atomic mass is 10.00. The van der Waals surface area contributed by atoms with Gasteiger partial charge in [0.25, 0.3) is 0 Å². The van der Waals surface area contributed by atoms with Gasteiger partial charge < -0.3 is 4.57 Å². The Morgan fingerprint density at radius 1 is 1.04 bits per heavy atom. The summed E-state index contributed by atoms with van der Waals surface area (Å²) in [6.45, 7) is 2.56. The van der Waals surface area contributed by atoms with Gasteiger partial charge in [0.15, 0.2) is 0 Å². The van der Waals surface area contributed by atoms with Crippen molar-refractivity contribution in [2.75, 3.05) is 0 Å². The molecule has 0 saturated heterocycles. The van der Waals surface area contributed by atoms with Gasteiger partial charge >= 0.3 is 0 Å². The molecule has 2 heterocycles. The van der Waals surface area contributed by atoms with Crippen LogP contribution in [0.2, 0.25) is 5.02 Å². The van der Waals surface area contributed by atoms with Crippen LogP contribution in [0.15, 0.2) is 59.6 Å². The van der Waals surface area contributed by atoms with Gasteiger partial charge in [0.1, 0.15) is 5.82 Å². The zero-order valence-corrected chi connectivity index (χ0v) is 13.3. The molecule has 0 amide bonds. The molecule has 1 aromatic heterocycles. The normalized spacial score (nSPS) is 13.1. The minimum absolute atomic E-state index is 0.277. The average molecular weight is 325 g/mol. The van der Waals surface area contributed by atoms with Crippen molar-refractivity contribution in [2.45, 2.75) is 13.5 Å². The van der Waals surface area contributed by atoms with Gasteiger partial charge in [0.05, 0.1) is 17.9 Å². The van der Waals surface area contributed by atoms with Crippen LogP contribution in [0.1, 0.15) is 22.5 Å². The molecular formula is C19H14ClFN2. The molecule has 0 radical (unpaired) electrons. The molecule has 0 bridgehead atoms. The minimum Gasteiger partial charge on any atom is -0.316 e. The van der Waals surface area contributed by atoms with E-state index >= 15 is 0 Å². The lowest BCUT2D eigenvalue weighted by Gasteiger charge is -2.14. The van der Waals surface area contributed by atoms with Gasteiger partial charge in [0, 0.05) is 27.5 Å². The van der Waals surface area contributed by atoms with Gasteiger partial charge in [-0.1, -0.05) is 23.7 Å². The van der Waals surface area contributed by atoms with E-state index in [-0.39, 0.29) is 5.82 Å². The predicted octanol–water partition coefficient (Wildman–Crippen LogP) is 4.93. The topological polar surface area (TPSA) is 17.3 Å². The van der Waals surface area contributed by atoms with E-state index < -0.39 is 0 Å². The number of aromatic nitrogens is 1. The Kier molecular flexibility index (Phi) is 3.31. The van der Waals surface area contributed by atoms with Crippen molar-refractivity contribution in [1.29, 1.82) is 0 Å². The molecule has 1 aliphatic rings. The molecule has 4 heteroatoms. The summed E-state index contributed by atoms with van der Waals surface area (Å²) in [5, 5.41) is 0.612. The van der Waals surface area contributed by atoms with Crippen LogP contribution in [-0.2, 0) is 6.54 Å². The summed E-state index contributed by atoms with van der Waals surface area (Å²) in [5.74, 6) is -0.277. The van der Waals surface area contributed by atoms with Crippen LogP contribution >= 0.6 is 11.6 Å². The second-order valence-electron chi connectivity index (χ2n) is 5.61. The van der Waals surface area contributed by atoms with Crippen LogP contribution in [0.3, 0.4) is 0 Å². The van der Waals surface area contributed by atoms with Gasteiger partial charge in [-0.05, 0) is 49.4 Å². The van der Waals surface area contributed by atoms with E-state index in [0.29, 0.717) is 22.8 Å². The largest absolute Gasteiger partial charge is 0.316 e. The lowest BCUT2D eigenvalue weighted by molar-refractivity contribution is 0.625. The molecule has 0 fully saturated rings. The molecule has 0 unspecified atom stereocenters. The van der Waals surface area contributed by atoms with Gasteiger partial charge in [-0.3, -0.25) is 4.99 Å². The maximum atomic E-state index is 14.3. The Morgan fingerprint density at radius 2 is 1.87 bits per heavy atom. The third kappa shape index (κ3) is 2.28. The fraction of sp³-hybridized carbons (Fsp3) is 0.105. The maximum absolute atomic E-state index is 14.3. The third-order valence-electron chi connectivity index (χ3n) is 4.14. The molecular weight excluding hydrogens is 311 g/mol. The Bertz CT molecular complexity index is 940. The van der Waals surface area contributed by atoms with Crippen LogP contribution in [0.4, 0.5) is 4.39 Å². The molecule has 1 aliphatic heterocycles. The first-order valence-electron chi connectivity index (χ1n) is 7.42. The molecule has 2 aromatic carbocycles. The average Bonchev–Trinajstić information content (AvgIpc) is 2.82. The highest BCUT2D eigenvalue weighted by Gasteiger charge is 2.21. The predicted molar refractivity (Wildman–Crippen MR) is 91.3 cm³/mol. The number of hydrogen-bond acceptors (Lipinski definition) is 1. The van der Waals surface area contributed by atoms with Crippen LogP contribution in [0.25, 0.3) is 5.69 Å². The van der Waals surface area contributed by atoms with Gasteiger partial charge in [-0.25, -0.2) is 4.39 Å². The van der Waals surface area contributed by atoms with Crippen molar-refractivity contribution < 1.29 is 4.39 Å². The maximum Gasteiger partial charge on any atom is 0.132 e. The summed E-state index contributed by atoms with van der Waals surface area (Å²) < 4.78 is 16.5. The summed E-state index contributed by atoms with van der Waals surface area (Å²) in [6, 6.07) is 16.5. The van der Waals surface area contributed by atoms with E-state index in [2.05, 4.69) is 28.6 Å². The second kappa shape index (κ2) is 5.36. The van der Waals surface area contributed by atoms with Crippen molar-refractivity contribution in [3.63, 3.8) is 0 Å². The molecule has 114 valence electrons. The standard InChI is InChI=1S/C19H14ClFN2/c1-12-6-8-14-11-22-19(15-4-2-3-5-17(15)21)16-10-13(20)7-9-18(16)23(12)14/h2-10H,11H2,1H3. The van der Waals surface area contributed by atoms with Crippen LogP contribution in [-0.4, -0.2) is 10.3 Å². The van der Waals surface area contributed by atoms with E-state index in [0.717, 1.165) is 22.6 Å². The van der Waals surface area contributed by atoms with Crippen molar-refractivity contribution in [2.24, 2.45) is 4.99 Å². The smallest absolute Gasteiger partial charge is 0.132 e. The fourth-order valence-corrected chi connectivity index (χ4v) is 3.25. The van der Waals surface area contributed by atoms with Crippen molar-refractivity contribution in [1.82, 2.24) is 4.57 Å². The first-order valence-corrected chi connectivity index (χ1v) is 7.80. The number of hydrogen-bond donors (Lipinski definition) is 0. The Hall–Kier alpha value is -2.39. The molecule has 4 rings (SSSR count).